The summed E-state index contributed by atoms with van der Waals surface area (Å²) in [4.78, 5) is 22.3. The molecule has 1 aromatic carbocycles. The van der Waals surface area contributed by atoms with Crippen molar-refractivity contribution >= 4 is 29.7 Å². The third kappa shape index (κ3) is 5.93. The first-order valence-corrected chi connectivity index (χ1v) is 7.63. The second kappa shape index (κ2) is 8.43. The van der Waals surface area contributed by atoms with E-state index in [0.717, 1.165) is 18.1 Å². The fourth-order valence-electron chi connectivity index (χ4n) is 1.52. The molecule has 0 aliphatic heterocycles. The Kier molecular flexibility index (Phi) is 6.87. The smallest absolute Gasteiger partial charge is 0.328 e. The molecule has 1 unspecified atom stereocenters. The topological polar surface area (TPSA) is 66.4 Å². The molecule has 0 aliphatic rings. The molecule has 2 N–H and O–H groups in total. The minimum Gasteiger partial charge on any atom is -0.478 e. The summed E-state index contributed by atoms with van der Waals surface area (Å²) >= 11 is 1.78. The Morgan fingerprint density at radius 2 is 2.00 bits per heavy atom. The van der Waals surface area contributed by atoms with Crippen LogP contribution in [0.3, 0.4) is 0 Å². The molecule has 0 aliphatic carbocycles. The summed E-state index contributed by atoms with van der Waals surface area (Å²) in [7, 11) is 0. The molecule has 5 heteroatoms. The van der Waals surface area contributed by atoms with Gasteiger partial charge in [-0.15, -0.1) is 0 Å². The van der Waals surface area contributed by atoms with Gasteiger partial charge in [-0.05, 0) is 36.4 Å². The summed E-state index contributed by atoms with van der Waals surface area (Å²) in [5.74, 6) is -1.10. The van der Waals surface area contributed by atoms with Crippen molar-refractivity contribution in [3.05, 3.63) is 41.5 Å². The summed E-state index contributed by atoms with van der Waals surface area (Å²) in [6.07, 6.45) is 5.55. The van der Waals surface area contributed by atoms with Crippen LogP contribution in [0, 0.1) is 0 Å². The zero-order valence-electron chi connectivity index (χ0n) is 11.6. The zero-order chi connectivity index (χ0) is 15.0. The Morgan fingerprint density at radius 1 is 1.35 bits per heavy atom. The van der Waals surface area contributed by atoms with Gasteiger partial charge in [-0.3, -0.25) is 4.79 Å². The van der Waals surface area contributed by atoms with E-state index in [2.05, 4.69) is 18.5 Å². The van der Waals surface area contributed by atoms with Crippen LogP contribution in [0.2, 0.25) is 0 Å². The Morgan fingerprint density at radius 3 is 2.55 bits per heavy atom. The van der Waals surface area contributed by atoms with Gasteiger partial charge in [-0.2, -0.15) is 11.8 Å². The second-order valence-electron chi connectivity index (χ2n) is 4.38. The van der Waals surface area contributed by atoms with E-state index in [0.29, 0.717) is 17.4 Å². The molecule has 20 heavy (non-hydrogen) atoms. The summed E-state index contributed by atoms with van der Waals surface area (Å²) < 4.78 is 0. The van der Waals surface area contributed by atoms with E-state index >= 15 is 0 Å². The van der Waals surface area contributed by atoms with Crippen LogP contribution in [0.5, 0.6) is 0 Å². The largest absolute Gasteiger partial charge is 0.478 e. The van der Waals surface area contributed by atoms with Crippen molar-refractivity contribution in [1.29, 1.82) is 0 Å². The monoisotopic (exact) mass is 293 g/mol. The normalized spacial score (nSPS) is 12.3. The van der Waals surface area contributed by atoms with Crippen LogP contribution in [0.1, 0.15) is 29.3 Å². The molecule has 0 saturated carbocycles. The number of benzene rings is 1. The zero-order valence-corrected chi connectivity index (χ0v) is 12.4. The summed E-state index contributed by atoms with van der Waals surface area (Å²) in [6, 6.07) is 6.82. The minimum absolute atomic E-state index is 0.105. The standard InChI is InChI=1S/C15H19NO3S/c1-11(20-2)9-10-16-15(19)13-6-3-12(4-7-13)5-8-14(17)18/h3-8,11H,9-10H2,1-2H3,(H,16,19)(H,17,18)/b8-5+. The Bertz CT molecular complexity index is 482. The van der Waals surface area contributed by atoms with Gasteiger partial charge in [0.05, 0.1) is 0 Å². The van der Waals surface area contributed by atoms with E-state index in [4.69, 9.17) is 5.11 Å². The maximum Gasteiger partial charge on any atom is 0.328 e. The lowest BCUT2D eigenvalue weighted by atomic mass is 10.1. The molecule has 1 aromatic rings. The SMILES string of the molecule is CSC(C)CCNC(=O)c1ccc(/C=C/C(=O)O)cc1. The lowest BCUT2D eigenvalue weighted by Gasteiger charge is -2.09. The fraction of sp³-hybridized carbons (Fsp3) is 0.333. The molecule has 1 rings (SSSR count). The number of carbonyl (C=O) groups is 2. The molecule has 0 fully saturated rings. The molecule has 1 amide bonds. The van der Waals surface area contributed by atoms with E-state index in [-0.39, 0.29) is 5.91 Å². The summed E-state index contributed by atoms with van der Waals surface area (Å²) in [5, 5.41) is 11.9. The summed E-state index contributed by atoms with van der Waals surface area (Å²) in [6.45, 7) is 2.78. The van der Waals surface area contributed by atoms with Crippen molar-refractivity contribution in [2.45, 2.75) is 18.6 Å². The number of amides is 1. The number of carboxylic acids is 1. The highest BCUT2D eigenvalue weighted by atomic mass is 32.2. The highest BCUT2D eigenvalue weighted by Crippen LogP contribution is 2.09. The molecule has 0 spiro atoms. The molecule has 0 saturated heterocycles. The molecule has 0 bridgehead atoms. The predicted molar refractivity (Wildman–Crippen MR) is 83.0 cm³/mol. The predicted octanol–water partition coefficient (Wildman–Crippen LogP) is 2.66. The van der Waals surface area contributed by atoms with Gasteiger partial charge in [0, 0.05) is 23.4 Å². The summed E-state index contributed by atoms with van der Waals surface area (Å²) in [5.41, 5.74) is 1.33. The van der Waals surface area contributed by atoms with Gasteiger partial charge in [-0.1, -0.05) is 19.1 Å². The van der Waals surface area contributed by atoms with Gasteiger partial charge >= 0.3 is 5.97 Å². The van der Waals surface area contributed by atoms with Crippen molar-refractivity contribution in [3.8, 4) is 0 Å². The van der Waals surface area contributed by atoms with Crippen LogP contribution in [0.4, 0.5) is 0 Å². The third-order valence-electron chi connectivity index (χ3n) is 2.83. The van der Waals surface area contributed by atoms with Crippen molar-refractivity contribution in [3.63, 3.8) is 0 Å². The number of rotatable bonds is 7. The average Bonchev–Trinajstić information content (AvgIpc) is 2.45. The quantitative estimate of drug-likeness (QED) is 0.759. The van der Waals surface area contributed by atoms with E-state index in [1.165, 1.54) is 6.08 Å². The first kappa shape index (κ1) is 16.3. The Balaban J connectivity index is 2.51. The molecular formula is C15H19NO3S. The van der Waals surface area contributed by atoms with E-state index in [9.17, 15) is 9.59 Å². The van der Waals surface area contributed by atoms with Crippen LogP contribution in [-0.2, 0) is 4.79 Å². The van der Waals surface area contributed by atoms with Gasteiger partial charge in [0.2, 0.25) is 0 Å². The van der Waals surface area contributed by atoms with Crippen molar-refractivity contribution in [1.82, 2.24) is 5.32 Å². The minimum atomic E-state index is -0.991. The number of aliphatic carboxylic acids is 1. The van der Waals surface area contributed by atoms with Crippen LogP contribution >= 0.6 is 11.8 Å². The fourth-order valence-corrected chi connectivity index (χ4v) is 1.88. The average molecular weight is 293 g/mol. The van der Waals surface area contributed by atoms with Crippen molar-refractivity contribution in [2.75, 3.05) is 12.8 Å². The molecule has 108 valence electrons. The van der Waals surface area contributed by atoms with Gasteiger partial charge in [0.1, 0.15) is 0 Å². The lowest BCUT2D eigenvalue weighted by molar-refractivity contribution is -0.131. The van der Waals surface area contributed by atoms with Crippen molar-refractivity contribution in [2.24, 2.45) is 0 Å². The van der Waals surface area contributed by atoms with Gasteiger partial charge < -0.3 is 10.4 Å². The van der Waals surface area contributed by atoms with E-state index < -0.39 is 5.97 Å². The maximum absolute atomic E-state index is 11.9. The van der Waals surface area contributed by atoms with Crippen molar-refractivity contribution < 1.29 is 14.7 Å². The van der Waals surface area contributed by atoms with E-state index in [1.54, 1.807) is 36.0 Å². The van der Waals surface area contributed by atoms with Crippen LogP contribution < -0.4 is 5.32 Å². The van der Waals surface area contributed by atoms with Gasteiger partial charge in [0.15, 0.2) is 0 Å². The highest BCUT2D eigenvalue weighted by molar-refractivity contribution is 7.99. The number of hydrogen-bond donors (Lipinski definition) is 2. The first-order chi connectivity index (χ1) is 9.52. The molecular weight excluding hydrogens is 274 g/mol. The second-order valence-corrected chi connectivity index (χ2v) is 5.66. The number of thioether (sulfide) groups is 1. The van der Waals surface area contributed by atoms with Gasteiger partial charge in [0.25, 0.3) is 5.91 Å². The molecule has 0 radical (unpaired) electrons. The maximum atomic E-state index is 11.9. The number of hydrogen-bond acceptors (Lipinski definition) is 3. The van der Waals surface area contributed by atoms with Gasteiger partial charge in [-0.25, -0.2) is 4.79 Å². The van der Waals surface area contributed by atoms with Crippen LogP contribution in [0.25, 0.3) is 6.08 Å². The Labute approximate surface area is 123 Å². The molecule has 1 atom stereocenters. The van der Waals surface area contributed by atoms with Crippen LogP contribution in [-0.4, -0.2) is 35.0 Å². The third-order valence-corrected chi connectivity index (χ3v) is 3.87. The van der Waals surface area contributed by atoms with Crippen LogP contribution in [0.15, 0.2) is 30.3 Å². The Hall–Kier alpha value is -1.75. The first-order valence-electron chi connectivity index (χ1n) is 6.35. The molecule has 0 aromatic heterocycles. The number of nitrogens with one attached hydrogen (secondary N) is 1. The highest BCUT2D eigenvalue weighted by Gasteiger charge is 2.05. The van der Waals surface area contributed by atoms with E-state index in [1.807, 2.05) is 0 Å². The molecule has 4 nitrogen and oxygen atoms in total. The number of carboxylic acid groups (broad SMARTS) is 1. The number of carbonyl (C=O) groups excluding carboxylic acids is 1. The lowest BCUT2D eigenvalue weighted by Crippen LogP contribution is -2.25. The molecule has 0 heterocycles.